The molecule has 2 aromatic carbocycles. The second-order valence-corrected chi connectivity index (χ2v) is 8.67. The SMILES string of the molecule is COC(=O)c1ccc(CO/N=C(\c2ccc(SC)cc2)C(C)(C)N2CCOCC2)cc1. The molecule has 31 heavy (non-hydrogen) atoms. The molecule has 1 saturated heterocycles. The van der Waals surface area contributed by atoms with Gasteiger partial charge in [0.2, 0.25) is 0 Å². The van der Waals surface area contributed by atoms with Crippen LogP contribution in [0.5, 0.6) is 0 Å². The van der Waals surface area contributed by atoms with Gasteiger partial charge in [0.1, 0.15) is 12.3 Å². The molecule has 0 atom stereocenters. The summed E-state index contributed by atoms with van der Waals surface area (Å²) in [4.78, 5) is 21.0. The molecule has 0 aromatic heterocycles. The molecule has 0 N–H and O–H groups in total. The molecule has 0 bridgehead atoms. The number of thioether (sulfide) groups is 1. The van der Waals surface area contributed by atoms with Gasteiger partial charge in [-0.3, -0.25) is 4.90 Å². The first-order valence-corrected chi connectivity index (χ1v) is 11.5. The molecule has 166 valence electrons. The van der Waals surface area contributed by atoms with Crippen molar-refractivity contribution in [1.82, 2.24) is 4.90 Å². The van der Waals surface area contributed by atoms with E-state index in [1.165, 1.54) is 12.0 Å². The number of esters is 1. The van der Waals surface area contributed by atoms with Crippen LogP contribution in [0, 0.1) is 0 Å². The van der Waals surface area contributed by atoms with Crippen molar-refractivity contribution < 1.29 is 19.1 Å². The van der Waals surface area contributed by atoms with Gasteiger partial charge in [-0.2, -0.15) is 0 Å². The molecule has 1 aliphatic heterocycles. The van der Waals surface area contributed by atoms with Crippen molar-refractivity contribution in [1.29, 1.82) is 0 Å². The van der Waals surface area contributed by atoms with Crippen LogP contribution in [0.4, 0.5) is 0 Å². The van der Waals surface area contributed by atoms with Crippen LogP contribution < -0.4 is 0 Å². The average Bonchev–Trinajstić information content (AvgIpc) is 2.82. The summed E-state index contributed by atoms with van der Waals surface area (Å²) in [6, 6.07) is 15.6. The van der Waals surface area contributed by atoms with Crippen LogP contribution in [0.25, 0.3) is 0 Å². The third-order valence-electron chi connectivity index (χ3n) is 5.51. The number of oxime groups is 1. The van der Waals surface area contributed by atoms with Gasteiger partial charge in [0, 0.05) is 23.5 Å². The molecular weight excluding hydrogens is 412 g/mol. The third kappa shape index (κ3) is 5.87. The lowest BCUT2D eigenvalue weighted by molar-refractivity contribution is 0.00862. The fourth-order valence-corrected chi connectivity index (χ4v) is 3.97. The van der Waals surface area contributed by atoms with Gasteiger partial charge >= 0.3 is 5.97 Å². The Morgan fingerprint density at radius 3 is 2.26 bits per heavy atom. The first-order valence-electron chi connectivity index (χ1n) is 10.3. The van der Waals surface area contributed by atoms with Crippen LogP contribution in [0.2, 0.25) is 0 Å². The highest BCUT2D eigenvalue weighted by Crippen LogP contribution is 2.25. The Hall–Kier alpha value is -2.35. The standard InChI is InChI=1S/C24H30N2O4S/c1-24(2,26-13-15-29-16-14-26)22(19-9-11-21(31-4)12-10-19)25-30-17-18-5-7-20(8-6-18)23(27)28-3/h5-12H,13-17H2,1-4H3/b25-22+. The quantitative estimate of drug-likeness (QED) is 0.264. The van der Waals surface area contributed by atoms with E-state index in [2.05, 4.69) is 54.4 Å². The lowest BCUT2D eigenvalue weighted by Gasteiger charge is -2.41. The Bertz CT molecular complexity index is 889. The summed E-state index contributed by atoms with van der Waals surface area (Å²) in [6.45, 7) is 7.80. The fraction of sp³-hybridized carbons (Fsp3) is 0.417. The molecule has 6 nitrogen and oxygen atoms in total. The summed E-state index contributed by atoms with van der Waals surface area (Å²) in [7, 11) is 1.37. The molecule has 3 rings (SSSR count). The van der Waals surface area contributed by atoms with Crippen molar-refractivity contribution in [3.63, 3.8) is 0 Å². The van der Waals surface area contributed by atoms with Crippen LogP contribution in [-0.4, -0.2) is 61.8 Å². The van der Waals surface area contributed by atoms with E-state index in [1.54, 1.807) is 23.9 Å². The van der Waals surface area contributed by atoms with Gasteiger partial charge in [-0.15, -0.1) is 11.8 Å². The lowest BCUT2D eigenvalue weighted by Crippen LogP contribution is -2.54. The molecule has 0 amide bonds. The predicted molar refractivity (Wildman–Crippen MR) is 124 cm³/mol. The minimum absolute atomic E-state index is 0.313. The Labute approximate surface area is 188 Å². The molecule has 2 aromatic rings. The zero-order valence-electron chi connectivity index (χ0n) is 18.6. The Balaban J connectivity index is 1.81. The molecule has 1 heterocycles. The second-order valence-electron chi connectivity index (χ2n) is 7.79. The van der Waals surface area contributed by atoms with Crippen LogP contribution >= 0.6 is 11.8 Å². The van der Waals surface area contributed by atoms with E-state index < -0.39 is 0 Å². The van der Waals surface area contributed by atoms with Gasteiger partial charge in [0.15, 0.2) is 0 Å². The van der Waals surface area contributed by atoms with Crippen molar-refractivity contribution in [3.8, 4) is 0 Å². The Morgan fingerprint density at radius 2 is 1.68 bits per heavy atom. The maximum atomic E-state index is 11.6. The molecule has 7 heteroatoms. The maximum absolute atomic E-state index is 11.6. The highest BCUT2D eigenvalue weighted by Gasteiger charge is 2.35. The fourth-order valence-electron chi connectivity index (χ4n) is 3.56. The zero-order chi connectivity index (χ0) is 22.3. The summed E-state index contributed by atoms with van der Waals surface area (Å²) in [5.74, 6) is -0.353. The first kappa shape index (κ1) is 23.3. The highest BCUT2D eigenvalue weighted by molar-refractivity contribution is 7.98. The normalized spacial score (nSPS) is 15.5. The van der Waals surface area contributed by atoms with E-state index in [0.29, 0.717) is 12.2 Å². The Morgan fingerprint density at radius 1 is 1.06 bits per heavy atom. The topological polar surface area (TPSA) is 60.4 Å². The molecule has 0 unspecified atom stereocenters. The van der Waals surface area contributed by atoms with Gasteiger partial charge in [-0.25, -0.2) is 4.79 Å². The number of benzene rings is 2. The molecule has 0 spiro atoms. The number of hydrogen-bond donors (Lipinski definition) is 0. The first-order chi connectivity index (χ1) is 15.0. The van der Waals surface area contributed by atoms with E-state index >= 15 is 0 Å². The van der Waals surface area contributed by atoms with Gasteiger partial charge in [-0.1, -0.05) is 29.4 Å². The van der Waals surface area contributed by atoms with E-state index in [1.807, 2.05) is 12.1 Å². The predicted octanol–water partition coefficient (Wildman–Crippen LogP) is 4.23. The van der Waals surface area contributed by atoms with Gasteiger partial charge in [0.05, 0.1) is 31.4 Å². The number of ether oxygens (including phenoxy) is 2. The molecule has 1 fully saturated rings. The third-order valence-corrected chi connectivity index (χ3v) is 6.25. The van der Waals surface area contributed by atoms with Crippen LogP contribution in [0.3, 0.4) is 0 Å². The molecule has 0 radical (unpaired) electrons. The number of nitrogens with zero attached hydrogens (tertiary/aromatic N) is 2. The van der Waals surface area contributed by atoms with E-state index in [-0.39, 0.29) is 11.5 Å². The van der Waals surface area contributed by atoms with Crippen molar-refractivity contribution in [2.75, 3.05) is 39.7 Å². The molecule has 0 aliphatic carbocycles. The van der Waals surface area contributed by atoms with Crippen LogP contribution in [0.15, 0.2) is 58.6 Å². The summed E-state index contributed by atoms with van der Waals surface area (Å²) in [5, 5.41) is 4.60. The highest BCUT2D eigenvalue weighted by atomic mass is 32.2. The number of carbonyl (C=O) groups is 1. The smallest absolute Gasteiger partial charge is 0.337 e. The van der Waals surface area contributed by atoms with Gasteiger partial charge < -0.3 is 14.3 Å². The maximum Gasteiger partial charge on any atom is 0.337 e. The van der Waals surface area contributed by atoms with Crippen molar-refractivity contribution in [3.05, 3.63) is 65.2 Å². The van der Waals surface area contributed by atoms with Gasteiger partial charge in [0.25, 0.3) is 0 Å². The van der Waals surface area contributed by atoms with Gasteiger partial charge in [-0.05, 0) is 49.9 Å². The lowest BCUT2D eigenvalue weighted by atomic mass is 9.90. The zero-order valence-corrected chi connectivity index (χ0v) is 19.4. The van der Waals surface area contributed by atoms with Crippen molar-refractivity contribution in [2.24, 2.45) is 5.16 Å². The summed E-state index contributed by atoms with van der Waals surface area (Å²) in [6.07, 6.45) is 2.07. The minimum atomic E-state index is -0.353. The van der Waals surface area contributed by atoms with Crippen molar-refractivity contribution in [2.45, 2.75) is 30.9 Å². The number of rotatable bonds is 8. The van der Waals surface area contributed by atoms with Crippen LogP contribution in [0.1, 0.15) is 35.3 Å². The minimum Gasteiger partial charge on any atom is -0.465 e. The van der Waals surface area contributed by atoms with Crippen LogP contribution in [-0.2, 0) is 20.9 Å². The number of morpholine rings is 1. The molecule has 0 saturated carbocycles. The second kappa shape index (κ2) is 10.8. The number of hydrogen-bond acceptors (Lipinski definition) is 7. The molecular formula is C24H30N2O4S. The van der Waals surface area contributed by atoms with E-state index in [4.69, 9.17) is 14.3 Å². The van der Waals surface area contributed by atoms with E-state index in [9.17, 15) is 4.79 Å². The summed E-state index contributed by atoms with van der Waals surface area (Å²) in [5.41, 5.74) is 3.04. The number of carbonyl (C=O) groups excluding carboxylic acids is 1. The monoisotopic (exact) mass is 442 g/mol. The van der Waals surface area contributed by atoms with E-state index in [0.717, 1.165) is 43.1 Å². The largest absolute Gasteiger partial charge is 0.465 e. The number of methoxy groups -OCH3 is 1. The summed E-state index contributed by atoms with van der Waals surface area (Å²) < 4.78 is 10.3. The molecule has 1 aliphatic rings. The summed E-state index contributed by atoms with van der Waals surface area (Å²) >= 11 is 1.71. The average molecular weight is 443 g/mol. The van der Waals surface area contributed by atoms with Crippen molar-refractivity contribution >= 4 is 23.4 Å². The Kier molecular flexibility index (Phi) is 8.12.